The predicted octanol–water partition coefficient (Wildman–Crippen LogP) is 10.1. The highest BCUT2D eigenvalue weighted by Gasteiger charge is 2.35. The number of hydrogen-bond donors (Lipinski definition) is 5. The molecule has 4 aliphatic rings. The summed E-state index contributed by atoms with van der Waals surface area (Å²) in [5.74, 6) is 0.0732. The first kappa shape index (κ1) is 51.5. The molecular weight excluding hydrogens is 907 g/mol. The fraction of sp³-hybridized carbons (Fsp3) is 0.527. The van der Waals surface area contributed by atoms with Crippen molar-refractivity contribution in [1.82, 2.24) is 44.9 Å². The van der Waals surface area contributed by atoms with Crippen LogP contribution in [0.3, 0.4) is 0 Å². The van der Waals surface area contributed by atoms with E-state index in [1.54, 1.807) is 17.1 Å². The van der Waals surface area contributed by atoms with Crippen LogP contribution in [0.1, 0.15) is 138 Å². The Morgan fingerprint density at radius 1 is 0.859 bits per heavy atom. The van der Waals surface area contributed by atoms with Crippen LogP contribution < -0.4 is 16.4 Å². The first-order valence-electron chi connectivity index (χ1n) is 25.7. The van der Waals surface area contributed by atoms with Crippen LogP contribution in [0.5, 0.6) is 0 Å². The second-order valence-electron chi connectivity index (χ2n) is 23.4. The van der Waals surface area contributed by atoms with E-state index in [4.69, 9.17) is 10.5 Å². The van der Waals surface area contributed by atoms with E-state index in [9.17, 15) is 14.7 Å². The van der Waals surface area contributed by atoms with Gasteiger partial charge in [0.1, 0.15) is 6.73 Å². The van der Waals surface area contributed by atoms with Gasteiger partial charge in [0.25, 0.3) is 5.91 Å². The number of ether oxygens (including phenoxy) is 1. The summed E-state index contributed by atoms with van der Waals surface area (Å²) in [7, 11) is -1.11. The van der Waals surface area contributed by atoms with Gasteiger partial charge in [-0.15, -0.1) is 0 Å². The van der Waals surface area contributed by atoms with Gasteiger partial charge >= 0.3 is 5.97 Å². The Kier molecular flexibility index (Phi) is 15.6. The molecule has 71 heavy (non-hydrogen) atoms. The molecule has 2 atom stereocenters. The molecule has 16 heteroatoms. The quantitative estimate of drug-likeness (QED) is 0.0518. The minimum absolute atomic E-state index is 0.146. The average molecular weight is 984 g/mol. The highest BCUT2D eigenvalue weighted by atomic mass is 28.3. The van der Waals surface area contributed by atoms with Gasteiger partial charge in [-0.25, -0.2) is 9.48 Å². The van der Waals surface area contributed by atoms with E-state index in [2.05, 4.69) is 146 Å². The van der Waals surface area contributed by atoms with E-state index in [-0.39, 0.29) is 28.5 Å². The molecule has 1 saturated heterocycles. The maximum atomic E-state index is 13.0. The molecule has 0 spiro atoms. The van der Waals surface area contributed by atoms with Gasteiger partial charge < -0.3 is 26.2 Å². The van der Waals surface area contributed by atoms with Gasteiger partial charge in [0.2, 0.25) is 0 Å². The molecule has 1 aliphatic heterocycles. The standard InChI is InChI=1S/C24H30N6O.C16H28N2O3Si.C15H19N3/c1-15-5-4-6-16(9-15)22(17-11-25-12-17)30-14-18(13-26-30)27-23(31)21-19-7-8-24(2,3)10-20(19)28-29-21;1-16(2)7-6-12-13(10-16)18(17-14(12)15(19)20)11-21-8-9-22(3,4)5;1-11-4-2-7-13(8-11)15(12-5-3-6-12)18-10-14(16)9-17-18/h4-6,9,13-14,17,22,25H,7-8,10-12H2,1-3H3,(H,27,31)(H,28,29);6-11H2,1-5H3,(H,19,20);2,4,7-10,12,15H,3,5-6,16H2,1H3. The fourth-order valence-corrected chi connectivity index (χ4v) is 11.1. The van der Waals surface area contributed by atoms with Gasteiger partial charge in [0.05, 0.1) is 35.9 Å². The summed E-state index contributed by atoms with van der Waals surface area (Å²) in [6.07, 6.45) is 16.8. The summed E-state index contributed by atoms with van der Waals surface area (Å²) in [5, 5.41) is 36.5. The van der Waals surface area contributed by atoms with Crippen LogP contribution in [0.15, 0.2) is 73.3 Å². The molecule has 2 aromatic carbocycles. The van der Waals surface area contributed by atoms with Gasteiger partial charge in [0.15, 0.2) is 11.4 Å². The molecule has 2 unspecified atom stereocenters. The third kappa shape index (κ3) is 12.8. The van der Waals surface area contributed by atoms with Crippen molar-refractivity contribution in [2.75, 3.05) is 30.7 Å². The molecule has 0 bridgehead atoms. The normalized spacial score (nSPS) is 18.0. The Bertz CT molecular complexity index is 2790. The number of anilines is 2. The maximum absolute atomic E-state index is 13.0. The number of carboxylic acids is 1. The Morgan fingerprint density at radius 2 is 1.48 bits per heavy atom. The Hall–Kier alpha value is -5.84. The number of rotatable bonds is 14. The number of aromatic amines is 1. The number of nitrogens with zero attached hydrogens (tertiary/aromatic N) is 7. The summed E-state index contributed by atoms with van der Waals surface area (Å²) in [4.78, 5) is 24.4. The molecule has 4 aromatic heterocycles. The number of aryl methyl sites for hydroxylation is 2. The van der Waals surface area contributed by atoms with E-state index in [0.717, 1.165) is 92.5 Å². The molecular formula is C55H77N11O4Si. The van der Waals surface area contributed by atoms with Crippen LogP contribution in [0, 0.1) is 36.5 Å². The second kappa shape index (κ2) is 21.5. The number of aromatic nitrogens is 8. The molecule has 0 radical (unpaired) electrons. The second-order valence-corrected chi connectivity index (χ2v) is 29.0. The van der Waals surface area contributed by atoms with Crippen molar-refractivity contribution in [3.63, 3.8) is 0 Å². The lowest BCUT2D eigenvalue weighted by Gasteiger charge is -2.35. The lowest BCUT2D eigenvalue weighted by molar-refractivity contribution is 0.0667. The van der Waals surface area contributed by atoms with Crippen molar-refractivity contribution in [1.29, 1.82) is 0 Å². The number of carbonyl (C=O) groups excluding carboxylic acids is 1. The van der Waals surface area contributed by atoms with Crippen molar-refractivity contribution in [3.8, 4) is 0 Å². The topological polar surface area (TPSA) is 196 Å². The van der Waals surface area contributed by atoms with Crippen LogP contribution >= 0.6 is 0 Å². The fourth-order valence-electron chi connectivity index (χ4n) is 10.4. The van der Waals surface area contributed by atoms with Crippen molar-refractivity contribution in [2.45, 2.75) is 144 Å². The van der Waals surface area contributed by atoms with Gasteiger partial charge in [-0.3, -0.25) is 19.3 Å². The highest BCUT2D eigenvalue weighted by Crippen LogP contribution is 2.41. The molecule has 6 N–H and O–H groups in total. The smallest absolute Gasteiger partial charge is 0.356 e. The number of carboxylic acid groups (broad SMARTS) is 1. The zero-order valence-corrected chi connectivity index (χ0v) is 44.5. The zero-order chi connectivity index (χ0) is 50.7. The first-order chi connectivity index (χ1) is 33.7. The minimum Gasteiger partial charge on any atom is -0.476 e. The molecule has 1 saturated carbocycles. The number of nitrogens with one attached hydrogen (secondary N) is 3. The van der Waals surface area contributed by atoms with E-state index in [1.165, 1.54) is 41.5 Å². The molecule has 1 amide bonds. The first-order valence-corrected chi connectivity index (χ1v) is 29.4. The van der Waals surface area contributed by atoms with Crippen LogP contribution in [0.2, 0.25) is 25.7 Å². The van der Waals surface area contributed by atoms with Crippen LogP contribution in [-0.2, 0) is 37.2 Å². The summed E-state index contributed by atoms with van der Waals surface area (Å²) in [6, 6.07) is 18.9. The Labute approximate surface area is 420 Å². The van der Waals surface area contributed by atoms with Crippen molar-refractivity contribution in [3.05, 3.63) is 129 Å². The highest BCUT2D eigenvalue weighted by molar-refractivity contribution is 6.76. The average Bonchev–Trinajstić information content (AvgIpc) is 4.08. The van der Waals surface area contributed by atoms with Gasteiger partial charge in [-0.05, 0) is 99.1 Å². The van der Waals surface area contributed by atoms with Gasteiger partial charge in [-0.2, -0.15) is 20.4 Å². The molecule has 5 heterocycles. The molecule has 15 nitrogen and oxygen atoms in total. The number of hydrogen-bond acceptors (Lipinski definition) is 9. The number of H-pyrrole nitrogens is 1. The minimum atomic E-state index is -1.11. The Balaban J connectivity index is 0.000000149. The van der Waals surface area contributed by atoms with Crippen LogP contribution in [-0.4, -0.2) is 84.3 Å². The maximum Gasteiger partial charge on any atom is 0.356 e. The molecule has 380 valence electrons. The van der Waals surface area contributed by atoms with E-state index in [0.29, 0.717) is 36.0 Å². The van der Waals surface area contributed by atoms with E-state index < -0.39 is 14.0 Å². The number of fused-ring (bicyclic) bond motifs is 2. The van der Waals surface area contributed by atoms with Crippen molar-refractivity contribution >= 4 is 31.3 Å². The lowest BCUT2D eigenvalue weighted by Crippen LogP contribution is -2.47. The summed E-state index contributed by atoms with van der Waals surface area (Å²) < 4.78 is 11.6. The van der Waals surface area contributed by atoms with Crippen LogP contribution in [0.4, 0.5) is 11.4 Å². The number of aromatic carboxylic acids is 1. The third-order valence-corrected chi connectivity index (χ3v) is 16.5. The summed E-state index contributed by atoms with van der Waals surface area (Å²) in [6.45, 7) is 23.2. The van der Waals surface area contributed by atoms with Crippen LogP contribution in [0.25, 0.3) is 0 Å². The third-order valence-electron chi connectivity index (χ3n) is 14.8. The SMILES string of the molecule is CC1(C)CCc2c(C(=O)O)nn(COCC[Si](C)(C)C)c2C1.Cc1cccc(C(C2CCC2)n2cc(N)cn2)c1.Cc1cccc(C(C2CNC2)n2cc(NC(=O)c3n[nH]c4c3CCC(C)(C)C4)cn2)c1. The number of benzene rings is 2. The van der Waals surface area contributed by atoms with Crippen molar-refractivity contribution < 1.29 is 19.4 Å². The Morgan fingerprint density at radius 3 is 2.04 bits per heavy atom. The summed E-state index contributed by atoms with van der Waals surface area (Å²) >= 11 is 0. The number of nitrogen functional groups attached to an aromatic ring is 1. The number of nitrogens with two attached hydrogens (primary N) is 1. The molecule has 6 aromatic rings. The summed E-state index contributed by atoms with van der Waals surface area (Å²) in [5.41, 5.74) is 17.6. The van der Waals surface area contributed by atoms with E-state index in [1.807, 2.05) is 21.8 Å². The largest absolute Gasteiger partial charge is 0.476 e. The monoisotopic (exact) mass is 984 g/mol. The molecule has 3 aliphatic carbocycles. The van der Waals surface area contributed by atoms with Crippen molar-refractivity contribution in [2.24, 2.45) is 22.7 Å². The zero-order valence-electron chi connectivity index (χ0n) is 43.5. The lowest BCUT2D eigenvalue weighted by atomic mass is 9.76. The molecule has 2 fully saturated rings. The predicted molar refractivity (Wildman–Crippen MR) is 283 cm³/mol. The number of amides is 1. The van der Waals surface area contributed by atoms with Gasteiger partial charge in [-0.1, -0.05) is 113 Å². The van der Waals surface area contributed by atoms with E-state index >= 15 is 0 Å². The molecule has 10 rings (SSSR count). The number of carbonyl (C=O) groups is 2. The van der Waals surface area contributed by atoms with Gasteiger partial charge in [0, 0.05) is 68.6 Å².